The molecule has 0 saturated carbocycles. The summed E-state index contributed by atoms with van der Waals surface area (Å²) in [6, 6.07) is 5.24. The first-order valence-electron chi connectivity index (χ1n) is 6.76. The number of amides is 1. The zero-order chi connectivity index (χ0) is 15.4. The first kappa shape index (κ1) is 16.0. The standard InChI is InChI=1S/C15H19ClN2O2S/c1-3-7-18-8-6-13(15(18)19)17-14-9-11(10-21(2)20)4-5-12(14)16/h3-5,9,13,17H,1,6-8,10H2,2H3/t13-,21-/m1/s1. The Hall–Kier alpha value is -1.33. The maximum atomic E-state index is 12.2. The van der Waals surface area contributed by atoms with E-state index in [-0.39, 0.29) is 11.9 Å². The number of carbonyl (C=O) groups is 1. The van der Waals surface area contributed by atoms with E-state index in [2.05, 4.69) is 11.9 Å². The largest absolute Gasteiger partial charge is 0.372 e. The Morgan fingerprint density at radius 2 is 2.33 bits per heavy atom. The molecule has 1 aliphatic heterocycles. The lowest BCUT2D eigenvalue weighted by atomic mass is 10.2. The van der Waals surface area contributed by atoms with Crippen molar-refractivity contribution >= 4 is 34.0 Å². The summed E-state index contributed by atoms with van der Waals surface area (Å²) in [5, 5.41) is 3.77. The normalized spacial score (nSPS) is 19.6. The molecule has 4 nitrogen and oxygen atoms in total. The molecule has 1 N–H and O–H groups in total. The van der Waals surface area contributed by atoms with E-state index in [1.54, 1.807) is 23.3 Å². The number of rotatable bonds is 6. The van der Waals surface area contributed by atoms with E-state index >= 15 is 0 Å². The molecule has 2 atom stereocenters. The van der Waals surface area contributed by atoms with Gasteiger partial charge in [-0.05, 0) is 24.1 Å². The third-order valence-corrected chi connectivity index (χ3v) is 4.45. The van der Waals surface area contributed by atoms with Crippen molar-refractivity contribution in [2.75, 3.05) is 24.7 Å². The molecule has 1 aromatic carbocycles. The van der Waals surface area contributed by atoms with Gasteiger partial charge in [-0.2, -0.15) is 0 Å². The molecule has 0 aromatic heterocycles. The molecular weight excluding hydrogens is 308 g/mol. The maximum Gasteiger partial charge on any atom is 0.245 e. The van der Waals surface area contributed by atoms with Crippen molar-refractivity contribution in [3.63, 3.8) is 0 Å². The number of anilines is 1. The van der Waals surface area contributed by atoms with E-state index < -0.39 is 10.8 Å². The van der Waals surface area contributed by atoms with E-state index in [9.17, 15) is 9.00 Å². The smallest absolute Gasteiger partial charge is 0.245 e. The van der Waals surface area contributed by atoms with E-state index in [0.29, 0.717) is 17.3 Å². The summed E-state index contributed by atoms with van der Waals surface area (Å²) < 4.78 is 11.3. The van der Waals surface area contributed by atoms with Gasteiger partial charge >= 0.3 is 0 Å². The zero-order valence-corrected chi connectivity index (χ0v) is 13.5. The van der Waals surface area contributed by atoms with Crippen LogP contribution in [0.5, 0.6) is 0 Å². The van der Waals surface area contributed by atoms with Crippen LogP contribution in [0.15, 0.2) is 30.9 Å². The van der Waals surface area contributed by atoms with Gasteiger partial charge < -0.3 is 10.2 Å². The van der Waals surface area contributed by atoms with Crippen LogP contribution in [-0.4, -0.2) is 40.4 Å². The van der Waals surface area contributed by atoms with Crippen LogP contribution >= 0.6 is 11.6 Å². The number of halogens is 1. The van der Waals surface area contributed by atoms with Crippen molar-refractivity contribution < 1.29 is 9.00 Å². The molecule has 1 saturated heterocycles. The summed E-state index contributed by atoms with van der Waals surface area (Å²) in [6.45, 7) is 4.95. The summed E-state index contributed by atoms with van der Waals surface area (Å²) in [4.78, 5) is 14.0. The van der Waals surface area contributed by atoms with Gasteiger partial charge in [0.15, 0.2) is 0 Å². The lowest BCUT2D eigenvalue weighted by Crippen LogP contribution is -2.33. The Morgan fingerprint density at radius 3 is 3.00 bits per heavy atom. The summed E-state index contributed by atoms with van der Waals surface area (Å²) in [5.74, 6) is 0.544. The van der Waals surface area contributed by atoms with Crippen LogP contribution in [0.2, 0.25) is 5.02 Å². The molecule has 21 heavy (non-hydrogen) atoms. The van der Waals surface area contributed by atoms with Gasteiger partial charge in [-0.1, -0.05) is 23.7 Å². The second kappa shape index (κ2) is 7.09. The summed E-state index contributed by atoms with van der Waals surface area (Å²) in [6.07, 6.45) is 4.13. The first-order valence-corrected chi connectivity index (χ1v) is 8.86. The third-order valence-electron chi connectivity index (χ3n) is 3.38. The molecule has 1 aromatic rings. The predicted octanol–water partition coefficient (Wildman–Crippen LogP) is 2.42. The van der Waals surface area contributed by atoms with Crippen molar-refractivity contribution in [1.29, 1.82) is 0 Å². The number of hydrogen-bond acceptors (Lipinski definition) is 3. The molecule has 1 fully saturated rings. The number of nitrogens with zero attached hydrogens (tertiary/aromatic N) is 1. The first-order chi connectivity index (χ1) is 10.0. The number of likely N-dealkylation sites (tertiary alicyclic amines) is 1. The minimum absolute atomic E-state index is 0.0652. The molecular formula is C15H19ClN2O2S. The molecule has 0 unspecified atom stereocenters. The quantitative estimate of drug-likeness (QED) is 0.817. The number of benzene rings is 1. The Labute approximate surface area is 132 Å². The van der Waals surface area contributed by atoms with Gasteiger partial charge in [0.25, 0.3) is 0 Å². The van der Waals surface area contributed by atoms with Crippen LogP contribution in [0.4, 0.5) is 5.69 Å². The number of carbonyl (C=O) groups excluding carboxylic acids is 1. The lowest BCUT2D eigenvalue weighted by Gasteiger charge is -2.17. The summed E-state index contributed by atoms with van der Waals surface area (Å²) in [5.41, 5.74) is 1.66. The summed E-state index contributed by atoms with van der Waals surface area (Å²) in [7, 11) is -0.908. The van der Waals surface area contributed by atoms with Gasteiger partial charge in [-0.3, -0.25) is 9.00 Å². The Kier molecular flexibility index (Phi) is 5.42. The van der Waals surface area contributed by atoms with Gasteiger partial charge in [0.05, 0.1) is 10.7 Å². The van der Waals surface area contributed by atoms with Crippen LogP contribution in [0.1, 0.15) is 12.0 Å². The molecule has 0 aliphatic carbocycles. The SMILES string of the molecule is C=CCN1CC[C@@H](Nc2cc(C[S@@](C)=O)ccc2Cl)C1=O. The van der Waals surface area contributed by atoms with Gasteiger partial charge in [0, 0.05) is 35.9 Å². The van der Waals surface area contributed by atoms with Gasteiger partial charge in [-0.25, -0.2) is 0 Å². The molecule has 1 amide bonds. The fourth-order valence-electron chi connectivity index (χ4n) is 2.41. The molecule has 1 aliphatic rings. The minimum atomic E-state index is -0.908. The van der Waals surface area contributed by atoms with Crippen LogP contribution < -0.4 is 5.32 Å². The highest BCUT2D eigenvalue weighted by atomic mass is 35.5. The number of nitrogens with one attached hydrogen (secondary N) is 1. The highest BCUT2D eigenvalue weighted by Crippen LogP contribution is 2.26. The molecule has 0 radical (unpaired) electrons. The molecule has 0 spiro atoms. The molecule has 1 heterocycles. The predicted molar refractivity (Wildman–Crippen MR) is 88.0 cm³/mol. The van der Waals surface area contributed by atoms with Crippen LogP contribution in [-0.2, 0) is 21.3 Å². The van der Waals surface area contributed by atoms with Crippen molar-refractivity contribution in [3.05, 3.63) is 41.4 Å². The average molecular weight is 327 g/mol. The second-order valence-corrected chi connectivity index (χ2v) is 6.93. The average Bonchev–Trinajstić information content (AvgIpc) is 2.75. The highest BCUT2D eigenvalue weighted by Gasteiger charge is 2.30. The zero-order valence-electron chi connectivity index (χ0n) is 12.0. The fraction of sp³-hybridized carbons (Fsp3) is 0.400. The van der Waals surface area contributed by atoms with E-state index in [4.69, 9.17) is 11.6 Å². The van der Waals surface area contributed by atoms with Crippen molar-refractivity contribution in [3.8, 4) is 0 Å². The summed E-state index contributed by atoms with van der Waals surface area (Å²) >= 11 is 6.18. The fourth-order valence-corrected chi connectivity index (χ4v) is 3.23. The molecule has 2 rings (SSSR count). The topological polar surface area (TPSA) is 49.4 Å². The molecule has 114 valence electrons. The van der Waals surface area contributed by atoms with Crippen LogP contribution in [0.25, 0.3) is 0 Å². The van der Waals surface area contributed by atoms with Gasteiger partial charge in [0.1, 0.15) is 6.04 Å². The van der Waals surface area contributed by atoms with E-state index in [1.807, 2.05) is 12.1 Å². The van der Waals surface area contributed by atoms with E-state index in [0.717, 1.165) is 24.2 Å². The van der Waals surface area contributed by atoms with Crippen LogP contribution in [0, 0.1) is 0 Å². The van der Waals surface area contributed by atoms with Crippen molar-refractivity contribution in [1.82, 2.24) is 4.90 Å². The Morgan fingerprint density at radius 1 is 1.57 bits per heavy atom. The number of hydrogen-bond donors (Lipinski definition) is 1. The Balaban J connectivity index is 2.10. The second-order valence-electron chi connectivity index (χ2n) is 5.09. The monoisotopic (exact) mass is 326 g/mol. The van der Waals surface area contributed by atoms with Crippen LogP contribution in [0.3, 0.4) is 0 Å². The van der Waals surface area contributed by atoms with Gasteiger partial charge in [0.2, 0.25) is 5.91 Å². The Bertz CT molecular complexity index is 577. The van der Waals surface area contributed by atoms with Gasteiger partial charge in [-0.15, -0.1) is 6.58 Å². The third kappa shape index (κ3) is 4.08. The van der Waals surface area contributed by atoms with E-state index in [1.165, 1.54) is 0 Å². The minimum Gasteiger partial charge on any atom is -0.372 e. The lowest BCUT2D eigenvalue weighted by molar-refractivity contribution is -0.127. The highest BCUT2D eigenvalue weighted by molar-refractivity contribution is 7.83. The van der Waals surface area contributed by atoms with Crippen molar-refractivity contribution in [2.24, 2.45) is 0 Å². The van der Waals surface area contributed by atoms with Crippen molar-refractivity contribution in [2.45, 2.75) is 18.2 Å². The molecule has 0 bridgehead atoms. The molecule has 6 heteroatoms. The maximum absolute atomic E-state index is 12.2.